The van der Waals surface area contributed by atoms with Crippen molar-refractivity contribution in [3.63, 3.8) is 0 Å². The first-order valence-electron chi connectivity index (χ1n) is 10.4. The van der Waals surface area contributed by atoms with E-state index < -0.39 is 5.97 Å². The van der Waals surface area contributed by atoms with Crippen molar-refractivity contribution in [1.29, 1.82) is 0 Å². The minimum Gasteiger partial charge on any atom is -0.455 e. The lowest BCUT2D eigenvalue weighted by Gasteiger charge is -2.21. The van der Waals surface area contributed by atoms with Gasteiger partial charge in [0.05, 0.1) is 6.54 Å². The van der Waals surface area contributed by atoms with Gasteiger partial charge in [0.2, 0.25) is 0 Å². The molecular formula is C26H27BrN2O3. The van der Waals surface area contributed by atoms with Crippen LogP contribution in [0.3, 0.4) is 0 Å². The highest BCUT2D eigenvalue weighted by molar-refractivity contribution is 9.10. The summed E-state index contributed by atoms with van der Waals surface area (Å²) in [6.07, 6.45) is 0. The van der Waals surface area contributed by atoms with Gasteiger partial charge in [-0.05, 0) is 48.2 Å². The number of rotatable bonds is 9. The largest absolute Gasteiger partial charge is 0.455 e. The molecule has 3 aromatic rings. The van der Waals surface area contributed by atoms with Crippen molar-refractivity contribution in [3.05, 3.63) is 99.5 Å². The fraction of sp³-hybridized carbons (Fsp3) is 0.231. The third-order valence-electron chi connectivity index (χ3n) is 5.21. The summed E-state index contributed by atoms with van der Waals surface area (Å²) < 4.78 is 6.26. The molecule has 0 aromatic heterocycles. The van der Waals surface area contributed by atoms with E-state index in [0.717, 1.165) is 26.7 Å². The van der Waals surface area contributed by atoms with E-state index in [0.29, 0.717) is 18.8 Å². The highest BCUT2D eigenvalue weighted by atomic mass is 79.9. The number of benzene rings is 3. The van der Waals surface area contributed by atoms with Crippen LogP contribution in [0.15, 0.2) is 77.3 Å². The van der Waals surface area contributed by atoms with Crippen molar-refractivity contribution in [2.24, 2.45) is 0 Å². The van der Waals surface area contributed by atoms with Crippen LogP contribution in [0.4, 0.5) is 5.69 Å². The fourth-order valence-electron chi connectivity index (χ4n) is 3.33. The Balaban J connectivity index is 1.57. The number of carbonyl (C=O) groups excluding carboxylic acids is 2. The Labute approximate surface area is 197 Å². The summed E-state index contributed by atoms with van der Waals surface area (Å²) in [7, 11) is 0. The summed E-state index contributed by atoms with van der Waals surface area (Å²) >= 11 is 3.48. The molecule has 0 aliphatic rings. The van der Waals surface area contributed by atoms with Crippen LogP contribution in [0.25, 0.3) is 0 Å². The van der Waals surface area contributed by atoms with Gasteiger partial charge < -0.3 is 10.1 Å². The van der Waals surface area contributed by atoms with Crippen molar-refractivity contribution in [1.82, 2.24) is 4.90 Å². The number of nitrogens with one attached hydrogen (secondary N) is 1. The van der Waals surface area contributed by atoms with Gasteiger partial charge in [-0.25, -0.2) is 0 Å². The predicted octanol–water partition coefficient (Wildman–Crippen LogP) is 5.25. The van der Waals surface area contributed by atoms with Gasteiger partial charge in [0.1, 0.15) is 0 Å². The Kier molecular flexibility index (Phi) is 8.59. The van der Waals surface area contributed by atoms with E-state index in [4.69, 9.17) is 4.74 Å². The maximum atomic E-state index is 12.5. The zero-order valence-corrected chi connectivity index (χ0v) is 19.9. The van der Waals surface area contributed by atoms with E-state index in [2.05, 4.69) is 21.2 Å². The topological polar surface area (TPSA) is 58.6 Å². The van der Waals surface area contributed by atoms with Crippen LogP contribution >= 0.6 is 15.9 Å². The number of hydrogen-bond donors (Lipinski definition) is 1. The first kappa shape index (κ1) is 23.7. The van der Waals surface area contributed by atoms with E-state index in [-0.39, 0.29) is 19.1 Å². The molecule has 0 bridgehead atoms. The van der Waals surface area contributed by atoms with Gasteiger partial charge in [0, 0.05) is 23.2 Å². The Bertz CT molecular complexity index is 1010. The lowest BCUT2D eigenvalue weighted by Crippen LogP contribution is -2.32. The fourth-order valence-corrected chi connectivity index (χ4v) is 3.76. The van der Waals surface area contributed by atoms with E-state index in [1.165, 1.54) is 0 Å². The Morgan fingerprint density at radius 3 is 1.97 bits per heavy atom. The number of esters is 1. The number of ether oxygens (including phenoxy) is 1. The molecular weight excluding hydrogens is 468 g/mol. The molecule has 1 amide bonds. The van der Waals surface area contributed by atoms with Crippen LogP contribution < -0.4 is 5.32 Å². The van der Waals surface area contributed by atoms with Crippen molar-refractivity contribution in [3.8, 4) is 0 Å². The van der Waals surface area contributed by atoms with Crippen molar-refractivity contribution in [2.75, 3.05) is 18.5 Å². The molecule has 0 saturated heterocycles. The number of hydrogen-bond acceptors (Lipinski definition) is 4. The zero-order valence-electron chi connectivity index (χ0n) is 18.3. The van der Waals surface area contributed by atoms with Crippen LogP contribution in [0, 0.1) is 13.8 Å². The van der Waals surface area contributed by atoms with Crippen LogP contribution in [0.5, 0.6) is 0 Å². The van der Waals surface area contributed by atoms with E-state index in [1.807, 2.05) is 91.5 Å². The summed E-state index contributed by atoms with van der Waals surface area (Å²) in [5, 5.41) is 2.82. The molecule has 6 heteroatoms. The standard InChI is InChI=1S/C26H27BrN2O3/c1-19-20(2)24(14-13-23(19)27)28-25(30)18-32-26(31)17-29(15-21-9-5-3-6-10-21)16-22-11-7-4-8-12-22/h3-14H,15-18H2,1-2H3,(H,28,30). The van der Waals surface area contributed by atoms with E-state index in [1.54, 1.807) is 0 Å². The van der Waals surface area contributed by atoms with Crippen LogP contribution in [0.2, 0.25) is 0 Å². The van der Waals surface area contributed by atoms with Gasteiger partial charge in [0.15, 0.2) is 6.61 Å². The molecule has 166 valence electrons. The van der Waals surface area contributed by atoms with Gasteiger partial charge in [-0.15, -0.1) is 0 Å². The van der Waals surface area contributed by atoms with Crippen molar-refractivity contribution in [2.45, 2.75) is 26.9 Å². The Morgan fingerprint density at radius 2 is 1.41 bits per heavy atom. The molecule has 0 saturated carbocycles. The summed E-state index contributed by atoms with van der Waals surface area (Å²) in [5.41, 5.74) is 4.94. The lowest BCUT2D eigenvalue weighted by atomic mass is 10.1. The monoisotopic (exact) mass is 494 g/mol. The molecule has 0 heterocycles. The van der Waals surface area contributed by atoms with Gasteiger partial charge in [-0.3, -0.25) is 14.5 Å². The molecule has 0 aliphatic heterocycles. The molecule has 0 aliphatic carbocycles. The molecule has 0 spiro atoms. The number of anilines is 1. The first-order valence-corrected chi connectivity index (χ1v) is 11.2. The average molecular weight is 495 g/mol. The molecule has 0 radical (unpaired) electrons. The molecule has 32 heavy (non-hydrogen) atoms. The SMILES string of the molecule is Cc1c(Br)ccc(NC(=O)COC(=O)CN(Cc2ccccc2)Cc2ccccc2)c1C. The number of carbonyl (C=O) groups is 2. The minimum absolute atomic E-state index is 0.0908. The summed E-state index contributed by atoms with van der Waals surface area (Å²) in [5.74, 6) is -0.795. The third-order valence-corrected chi connectivity index (χ3v) is 6.07. The second-order valence-electron chi connectivity index (χ2n) is 7.67. The number of nitrogens with zero attached hydrogens (tertiary/aromatic N) is 1. The normalized spacial score (nSPS) is 10.8. The summed E-state index contributed by atoms with van der Waals surface area (Å²) in [4.78, 5) is 26.8. The van der Waals surface area contributed by atoms with Crippen LogP contribution in [-0.4, -0.2) is 29.9 Å². The van der Waals surface area contributed by atoms with Crippen LogP contribution in [0.1, 0.15) is 22.3 Å². The molecule has 0 fully saturated rings. The highest BCUT2D eigenvalue weighted by Gasteiger charge is 2.15. The van der Waals surface area contributed by atoms with E-state index in [9.17, 15) is 9.59 Å². The quantitative estimate of drug-likeness (QED) is 0.412. The Hall–Kier alpha value is -2.96. The average Bonchev–Trinajstić information content (AvgIpc) is 2.79. The first-order chi connectivity index (χ1) is 15.4. The molecule has 3 rings (SSSR count). The minimum atomic E-state index is -0.435. The number of amides is 1. The molecule has 3 aromatic carbocycles. The highest BCUT2D eigenvalue weighted by Crippen LogP contribution is 2.25. The lowest BCUT2D eigenvalue weighted by molar-refractivity contribution is -0.148. The van der Waals surface area contributed by atoms with Crippen LogP contribution in [-0.2, 0) is 27.4 Å². The third kappa shape index (κ3) is 7.04. The summed E-state index contributed by atoms with van der Waals surface area (Å²) in [6, 6.07) is 23.7. The molecule has 0 atom stereocenters. The van der Waals surface area contributed by atoms with Crippen molar-refractivity contribution < 1.29 is 14.3 Å². The summed E-state index contributed by atoms with van der Waals surface area (Å²) in [6.45, 7) is 4.89. The second-order valence-corrected chi connectivity index (χ2v) is 8.52. The van der Waals surface area contributed by atoms with Gasteiger partial charge in [0.25, 0.3) is 5.91 Å². The molecule has 5 nitrogen and oxygen atoms in total. The Morgan fingerprint density at radius 1 is 0.844 bits per heavy atom. The van der Waals surface area contributed by atoms with Crippen molar-refractivity contribution >= 4 is 33.5 Å². The maximum Gasteiger partial charge on any atom is 0.320 e. The number of halogens is 1. The van der Waals surface area contributed by atoms with Gasteiger partial charge in [-0.2, -0.15) is 0 Å². The smallest absolute Gasteiger partial charge is 0.320 e. The second kappa shape index (κ2) is 11.6. The predicted molar refractivity (Wildman–Crippen MR) is 130 cm³/mol. The van der Waals surface area contributed by atoms with Gasteiger partial charge in [-0.1, -0.05) is 76.6 Å². The molecule has 1 N–H and O–H groups in total. The maximum absolute atomic E-state index is 12.5. The van der Waals surface area contributed by atoms with E-state index >= 15 is 0 Å². The molecule has 0 unspecified atom stereocenters. The van der Waals surface area contributed by atoms with Gasteiger partial charge >= 0.3 is 5.97 Å². The zero-order chi connectivity index (χ0) is 22.9.